The lowest BCUT2D eigenvalue weighted by molar-refractivity contribution is -0.203. The van der Waals surface area contributed by atoms with Crippen LogP contribution in [0.15, 0.2) is 0 Å². The van der Waals surface area contributed by atoms with Gasteiger partial charge in [-0.25, -0.2) is 10.4 Å². The average molecular weight is 565 g/mol. The number of carbonyl (C=O) groups is 2. The van der Waals surface area contributed by atoms with Gasteiger partial charge in [0.25, 0.3) is 0 Å². The number of aliphatic hydroxyl groups excluding tert-OH is 1. The zero-order valence-electron chi connectivity index (χ0n) is 21.9. The second-order valence-electron chi connectivity index (χ2n) is 11.7. The summed E-state index contributed by atoms with van der Waals surface area (Å²) in [5.74, 6) is -2.39. The van der Waals surface area contributed by atoms with Crippen LogP contribution in [-0.4, -0.2) is 118 Å². The summed E-state index contributed by atoms with van der Waals surface area (Å²) in [6, 6.07) is -0.966. The molecule has 216 valence electrons. The molecular formula is C25H40ClF3N6O3. The molecule has 2 amide bonds. The normalized spacial score (nSPS) is 37.5. The first-order chi connectivity index (χ1) is 18.1. The monoisotopic (exact) mass is 564 g/mol. The third-order valence-electron chi connectivity index (χ3n) is 9.54. The van der Waals surface area contributed by atoms with Crippen LogP contribution in [-0.2, 0) is 9.59 Å². The van der Waals surface area contributed by atoms with Crippen LogP contribution in [0, 0.1) is 11.8 Å². The fourth-order valence-electron chi connectivity index (χ4n) is 7.74. The number of aliphatic hydroxyl groups is 1. The summed E-state index contributed by atoms with van der Waals surface area (Å²) in [7, 11) is 1.26. The number of nitrogens with one attached hydrogen (secondary N) is 2. The number of fused-ring (bicyclic) bond motifs is 3. The maximum atomic E-state index is 14.4. The Morgan fingerprint density at radius 2 is 1.84 bits per heavy atom. The zero-order chi connectivity index (χ0) is 27.2. The maximum Gasteiger partial charge on any atom is 0.409 e. The van der Waals surface area contributed by atoms with Crippen molar-refractivity contribution >= 4 is 23.4 Å². The van der Waals surface area contributed by atoms with Crippen molar-refractivity contribution in [2.45, 2.75) is 93.4 Å². The van der Waals surface area contributed by atoms with Gasteiger partial charge in [0.05, 0.1) is 17.6 Å². The van der Waals surface area contributed by atoms with Gasteiger partial charge in [-0.1, -0.05) is 0 Å². The molecule has 0 aromatic carbocycles. The van der Waals surface area contributed by atoms with E-state index in [1.807, 2.05) is 0 Å². The lowest BCUT2D eigenvalue weighted by Crippen LogP contribution is -2.70. The largest absolute Gasteiger partial charge is 0.409 e. The summed E-state index contributed by atoms with van der Waals surface area (Å²) >= 11 is 6.35. The molecule has 0 aromatic rings. The Balaban J connectivity index is 1.21. The lowest BCUT2D eigenvalue weighted by atomic mass is 9.78. The summed E-state index contributed by atoms with van der Waals surface area (Å²) in [6.07, 6.45) is 1.19. The smallest absolute Gasteiger partial charge is 0.387 e. The highest BCUT2D eigenvalue weighted by Crippen LogP contribution is 2.41. The van der Waals surface area contributed by atoms with Crippen LogP contribution >= 0.6 is 11.6 Å². The van der Waals surface area contributed by atoms with Crippen LogP contribution in [0.5, 0.6) is 0 Å². The molecular weight excluding hydrogens is 525 g/mol. The van der Waals surface area contributed by atoms with Crippen LogP contribution in [0.2, 0.25) is 0 Å². The van der Waals surface area contributed by atoms with E-state index in [0.29, 0.717) is 44.2 Å². The van der Waals surface area contributed by atoms with Gasteiger partial charge < -0.3 is 14.9 Å². The van der Waals surface area contributed by atoms with Gasteiger partial charge in [0.15, 0.2) is 0 Å². The first kappa shape index (κ1) is 28.4. The Bertz CT molecular complexity index is 876. The van der Waals surface area contributed by atoms with Gasteiger partial charge in [-0.2, -0.15) is 13.2 Å². The van der Waals surface area contributed by atoms with Crippen molar-refractivity contribution in [1.82, 2.24) is 30.5 Å². The molecule has 38 heavy (non-hydrogen) atoms. The summed E-state index contributed by atoms with van der Waals surface area (Å²) in [5, 5.41) is 14.9. The highest BCUT2D eigenvalue weighted by molar-refractivity contribution is 6.20. The summed E-state index contributed by atoms with van der Waals surface area (Å²) in [4.78, 5) is 29.6. The van der Waals surface area contributed by atoms with Crippen molar-refractivity contribution in [3.8, 4) is 0 Å². The molecule has 5 fully saturated rings. The molecule has 5 rings (SSSR count). The molecule has 0 radical (unpaired) electrons. The molecule has 4 unspecified atom stereocenters. The van der Waals surface area contributed by atoms with Crippen LogP contribution in [0.4, 0.5) is 13.2 Å². The number of amides is 2. The fourth-order valence-corrected chi connectivity index (χ4v) is 8.02. The number of hydrogen-bond acceptors (Lipinski definition) is 7. The van der Waals surface area contributed by atoms with Crippen LogP contribution < -0.4 is 10.7 Å². The third-order valence-corrected chi connectivity index (χ3v) is 9.82. The minimum absolute atomic E-state index is 0.0582. The van der Waals surface area contributed by atoms with Crippen LogP contribution in [0.3, 0.4) is 0 Å². The third kappa shape index (κ3) is 5.54. The van der Waals surface area contributed by atoms with Gasteiger partial charge in [0.1, 0.15) is 12.6 Å². The number of likely N-dealkylation sites (tertiary alicyclic amines) is 2. The number of carbonyl (C=O) groups excluding carboxylic acids is 2. The minimum Gasteiger partial charge on any atom is -0.387 e. The van der Waals surface area contributed by atoms with Crippen molar-refractivity contribution < 1.29 is 27.9 Å². The van der Waals surface area contributed by atoms with E-state index in [2.05, 4.69) is 20.7 Å². The van der Waals surface area contributed by atoms with Gasteiger partial charge in [-0.3, -0.25) is 19.8 Å². The Kier molecular flexibility index (Phi) is 8.48. The standard InChI is InChI=1S/C25H40ClF3N6O3/c1-32(24(38)16-8-10-33(13-16)22(37)14-36)23(25(27,28)29)15-4-6-17(7-5-15)34-9-2-3-18-19(34)12-30-21-11-20(26)31-35(18)21/h15-21,23,30-31,36H,2-14H2,1H3/t15?,16-,17?,18?,19?,20?,21?,23-/m0/s1. The Morgan fingerprint density at radius 1 is 1.11 bits per heavy atom. The molecule has 3 N–H and O–H groups in total. The van der Waals surface area contributed by atoms with E-state index in [4.69, 9.17) is 16.7 Å². The van der Waals surface area contributed by atoms with Crippen molar-refractivity contribution in [1.29, 1.82) is 0 Å². The minimum atomic E-state index is -4.53. The van der Waals surface area contributed by atoms with E-state index < -0.39 is 42.5 Å². The molecule has 6 atom stereocenters. The first-order valence-electron chi connectivity index (χ1n) is 14.0. The van der Waals surface area contributed by atoms with E-state index in [1.165, 1.54) is 11.9 Å². The van der Waals surface area contributed by atoms with Gasteiger partial charge in [0, 0.05) is 51.2 Å². The van der Waals surface area contributed by atoms with Gasteiger partial charge in [-0.05, 0) is 57.4 Å². The quantitative estimate of drug-likeness (QED) is 0.343. The van der Waals surface area contributed by atoms with Crippen molar-refractivity contribution in [2.24, 2.45) is 11.8 Å². The zero-order valence-corrected chi connectivity index (χ0v) is 22.6. The van der Waals surface area contributed by atoms with Crippen molar-refractivity contribution in [3.05, 3.63) is 0 Å². The number of alkyl halides is 4. The van der Waals surface area contributed by atoms with Gasteiger partial charge >= 0.3 is 6.18 Å². The Morgan fingerprint density at radius 3 is 2.53 bits per heavy atom. The molecule has 0 aromatic heterocycles. The molecule has 0 bridgehead atoms. The molecule has 1 saturated carbocycles. The topological polar surface area (TPSA) is 91.4 Å². The molecule has 13 heteroatoms. The molecule has 4 aliphatic heterocycles. The molecule has 4 saturated heterocycles. The number of piperidine rings is 1. The predicted octanol–water partition coefficient (Wildman–Crippen LogP) is 1.31. The lowest BCUT2D eigenvalue weighted by Gasteiger charge is -2.53. The van der Waals surface area contributed by atoms with Crippen LogP contribution in [0.1, 0.15) is 51.4 Å². The highest BCUT2D eigenvalue weighted by Gasteiger charge is 2.52. The van der Waals surface area contributed by atoms with E-state index in [9.17, 15) is 22.8 Å². The van der Waals surface area contributed by atoms with E-state index >= 15 is 0 Å². The SMILES string of the molecule is CN(C(=O)[C@H]1CCN(C(=O)CO)C1)[C@@H](C1CCC(N2CCCC3C2CNC2CC(Cl)NN23)CC1)C(F)(F)F. The number of halogens is 4. The molecule has 4 heterocycles. The summed E-state index contributed by atoms with van der Waals surface area (Å²) in [6.45, 7) is 1.48. The second-order valence-corrected chi connectivity index (χ2v) is 12.2. The molecule has 5 aliphatic rings. The van der Waals surface area contributed by atoms with Crippen molar-refractivity contribution in [2.75, 3.05) is 39.8 Å². The van der Waals surface area contributed by atoms with E-state index in [1.54, 1.807) is 0 Å². The predicted molar refractivity (Wildman–Crippen MR) is 135 cm³/mol. The summed E-state index contributed by atoms with van der Waals surface area (Å²) < 4.78 is 43.1. The molecule has 1 aliphatic carbocycles. The first-order valence-corrected chi connectivity index (χ1v) is 14.4. The fraction of sp³-hybridized carbons (Fsp3) is 0.920. The van der Waals surface area contributed by atoms with Crippen LogP contribution in [0.25, 0.3) is 0 Å². The van der Waals surface area contributed by atoms with E-state index in [0.717, 1.165) is 37.3 Å². The van der Waals surface area contributed by atoms with E-state index in [-0.39, 0.29) is 30.8 Å². The number of nitrogens with zero attached hydrogens (tertiary/aromatic N) is 4. The highest BCUT2D eigenvalue weighted by atomic mass is 35.5. The van der Waals surface area contributed by atoms with Crippen molar-refractivity contribution in [3.63, 3.8) is 0 Å². The molecule has 0 spiro atoms. The van der Waals surface area contributed by atoms with Gasteiger partial charge in [-0.15, -0.1) is 11.6 Å². The summed E-state index contributed by atoms with van der Waals surface area (Å²) in [5.41, 5.74) is 3.30. The Hall–Kier alpha value is -1.18. The van der Waals surface area contributed by atoms with Gasteiger partial charge in [0.2, 0.25) is 11.8 Å². The molecule has 9 nitrogen and oxygen atoms in total. The average Bonchev–Trinajstić information content (AvgIpc) is 3.54. The number of hydrogen-bond donors (Lipinski definition) is 3. The number of hydrazine groups is 1. The maximum absolute atomic E-state index is 14.4. The number of rotatable bonds is 5. The Labute approximate surface area is 226 Å². The second kappa shape index (κ2) is 11.4.